The van der Waals surface area contributed by atoms with E-state index in [0.29, 0.717) is 5.88 Å². The molecule has 0 unspecified atom stereocenters. The Hall–Kier alpha value is -2.21. The molecule has 150 valence electrons. The van der Waals surface area contributed by atoms with Gasteiger partial charge < -0.3 is 9.64 Å². The molecule has 4 heterocycles. The van der Waals surface area contributed by atoms with Crippen LogP contribution in [0.1, 0.15) is 46.5 Å². The second-order valence-corrected chi connectivity index (χ2v) is 8.79. The molecule has 2 aromatic heterocycles. The molecule has 0 aliphatic carbocycles. The minimum Gasteiger partial charge on any atom is -0.472 e. The van der Waals surface area contributed by atoms with Crippen LogP contribution in [0.15, 0.2) is 30.7 Å². The van der Waals surface area contributed by atoms with Crippen molar-refractivity contribution in [3.05, 3.63) is 30.7 Å². The standard InChI is InChI=1S/C22H31N5O/c1-22(2,3)27-14-8-18(9-15-27)28-21-20(26-12-4-5-13-26)24-16-19(25-21)17-6-10-23-11-7-17/h6-7,10-11,16,18H,4-5,8-9,12-15H2,1-3H3. The lowest BCUT2D eigenvalue weighted by atomic mass is 9.99. The molecular weight excluding hydrogens is 350 g/mol. The van der Waals surface area contributed by atoms with Gasteiger partial charge >= 0.3 is 0 Å². The lowest BCUT2D eigenvalue weighted by Gasteiger charge is -2.40. The Morgan fingerprint density at radius 1 is 1.00 bits per heavy atom. The lowest BCUT2D eigenvalue weighted by Crippen LogP contribution is -2.48. The summed E-state index contributed by atoms with van der Waals surface area (Å²) in [6.45, 7) is 11.0. The third-order valence-electron chi connectivity index (χ3n) is 5.77. The molecule has 0 bridgehead atoms. The van der Waals surface area contributed by atoms with E-state index in [1.807, 2.05) is 18.3 Å². The Labute approximate surface area is 168 Å². The molecule has 0 spiro atoms. The maximum absolute atomic E-state index is 6.46. The Morgan fingerprint density at radius 3 is 2.32 bits per heavy atom. The Morgan fingerprint density at radius 2 is 1.68 bits per heavy atom. The number of ether oxygens (including phenoxy) is 1. The molecule has 0 amide bonds. The average Bonchev–Trinajstić information content (AvgIpc) is 3.23. The first-order chi connectivity index (χ1) is 13.5. The van der Waals surface area contributed by atoms with E-state index in [-0.39, 0.29) is 11.6 Å². The van der Waals surface area contributed by atoms with Crippen molar-refractivity contribution in [2.24, 2.45) is 0 Å². The maximum Gasteiger partial charge on any atom is 0.258 e. The number of hydrogen-bond donors (Lipinski definition) is 0. The van der Waals surface area contributed by atoms with E-state index in [9.17, 15) is 0 Å². The van der Waals surface area contributed by atoms with Crippen molar-refractivity contribution in [3.8, 4) is 17.1 Å². The molecular formula is C22H31N5O. The van der Waals surface area contributed by atoms with Gasteiger partial charge in [-0.3, -0.25) is 9.88 Å². The first kappa shape index (κ1) is 19.1. The van der Waals surface area contributed by atoms with Crippen molar-refractivity contribution >= 4 is 5.82 Å². The number of pyridine rings is 1. The number of hydrogen-bond acceptors (Lipinski definition) is 6. The van der Waals surface area contributed by atoms with Gasteiger partial charge in [-0.15, -0.1) is 0 Å². The van der Waals surface area contributed by atoms with Crippen LogP contribution < -0.4 is 9.64 Å². The lowest BCUT2D eigenvalue weighted by molar-refractivity contribution is 0.0473. The SMILES string of the molecule is CC(C)(C)N1CCC(Oc2nc(-c3ccncc3)cnc2N2CCCC2)CC1. The van der Waals surface area contributed by atoms with Crippen molar-refractivity contribution in [2.45, 2.75) is 58.1 Å². The predicted molar refractivity (Wildman–Crippen MR) is 112 cm³/mol. The third kappa shape index (κ3) is 4.27. The van der Waals surface area contributed by atoms with Crippen LogP contribution in [0.2, 0.25) is 0 Å². The molecule has 0 atom stereocenters. The maximum atomic E-state index is 6.46. The van der Waals surface area contributed by atoms with Crippen molar-refractivity contribution in [2.75, 3.05) is 31.1 Å². The number of piperidine rings is 1. The predicted octanol–water partition coefficient (Wildman–Crippen LogP) is 3.78. The second kappa shape index (κ2) is 8.03. The molecule has 4 rings (SSSR count). The largest absolute Gasteiger partial charge is 0.472 e. The van der Waals surface area contributed by atoms with Crippen molar-refractivity contribution in [1.82, 2.24) is 19.9 Å². The zero-order valence-electron chi connectivity index (χ0n) is 17.3. The van der Waals surface area contributed by atoms with Gasteiger partial charge in [0.1, 0.15) is 6.10 Å². The van der Waals surface area contributed by atoms with E-state index in [1.54, 1.807) is 12.4 Å². The van der Waals surface area contributed by atoms with E-state index >= 15 is 0 Å². The van der Waals surface area contributed by atoms with Crippen LogP contribution in [-0.4, -0.2) is 57.7 Å². The van der Waals surface area contributed by atoms with Crippen molar-refractivity contribution in [1.29, 1.82) is 0 Å². The molecule has 28 heavy (non-hydrogen) atoms. The zero-order chi connectivity index (χ0) is 19.6. The van der Waals surface area contributed by atoms with Gasteiger partial charge in [-0.05, 0) is 58.6 Å². The molecule has 2 fully saturated rings. The smallest absolute Gasteiger partial charge is 0.258 e. The first-order valence-electron chi connectivity index (χ1n) is 10.4. The molecule has 0 N–H and O–H groups in total. The highest BCUT2D eigenvalue weighted by Crippen LogP contribution is 2.32. The Kier molecular flexibility index (Phi) is 5.49. The van der Waals surface area contributed by atoms with Crippen LogP contribution >= 0.6 is 0 Å². The number of aromatic nitrogens is 3. The van der Waals surface area contributed by atoms with Crippen LogP contribution in [-0.2, 0) is 0 Å². The van der Waals surface area contributed by atoms with Gasteiger partial charge in [-0.1, -0.05) is 0 Å². The zero-order valence-corrected chi connectivity index (χ0v) is 17.3. The number of likely N-dealkylation sites (tertiary alicyclic amines) is 1. The normalized spacial score (nSPS) is 19.2. The summed E-state index contributed by atoms with van der Waals surface area (Å²) in [4.78, 5) is 18.6. The molecule has 6 heteroatoms. The summed E-state index contributed by atoms with van der Waals surface area (Å²) in [5.41, 5.74) is 2.07. The van der Waals surface area contributed by atoms with E-state index < -0.39 is 0 Å². The van der Waals surface area contributed by atoms with Gasteiger partial charge in [0, 0.05) is 49.7 Å². The highest BCUT2D eigenvalue weighted by Gasteiger charge is 2.29. The van der Waals surface area contributed by atoms with Crippen LogP contribution in [0.3, 0.4) is 0 Å². The van der Waals surface area contributed by atoms with Gasteiger partial charge in [0.05, 0.1) is 11.9 Å². The van der Waals surface area contributed by atoms with Crippen molar-refractivity contribution in [3.63, 3.8) is 0 Å². The first-order valence-corrected chi connectivity index (χ1v) is 10.4. The summed E-state index contributed by atoms with van der Waals surface area (Å²) in [6.07, 6.45) is 10.1. The Bertz CT molecular complexity index is 775. The highest BCUT2D eigenvalue weighted by atomic mass is 16.5. The molecule has 2 aromatic rings. The summed E-state index contributed by atoms with van der Waals surface area (Å²) in [7, 11) is 0. The fourth-order valence-corrected chi connectivity index (χ4v) is 4.05. The van der Waals surface area contributed by atoms with Crippen LogP contribution in [0, 0.1) is 0 Å². The monoisotopic (exact) mass is 381 g/mol. The van der Waals surface area contributed by atoms with Crippen LogP contribution in [0.25, 0.3) is 11.3 Å². The summed E-state index contributed by atoms with van der Waals surface area (Å²) in [5.74, 6) is 1.58. The molecule has 0 aromatic carbocycles. The quantitative estimate of drug-likeness (QED) is 0.803. The van der Waals surface area contributed by atoms with Gasteiger partial charge in [0.2, 0.25) is 0 Å². The molecule has 2 aliphatic rings. The molecule has 2 saturated heterocycles. The number of nitrogens with zero attached hydrogens (tertiary/aromatic N) is 5. The van der Waals surface area contributed by atoms with Gasteiger partial charge in [-0.25, -0.2) is 9.97 Å². The van der Waals surface area contributed by atoms with Crippen LogP contribution in [0.4, 0.5) is 5.82 Å². The molecule has 0 radical (unpaired) electrons. The topological polar surface area (TPSA) is 54.4 Å². The summed E-state index contributed by atoms with van der Waals surface area (Å²) >= 11 is 0. The Balaban J connectivity index is 1.55. The van der Waals surface area contributed by atoms with E-state index in [4.69, 9.17) is 14.7 Å². The van der Waals surface area contributed by atoms with E-state index in [2.05, 4.69) is 35.6 Å². The van der Waals surface area contributed by atoms with Gasteiger partial charge in [0.15, 0.2) is 5.82 Å². The van der Waals surface area contributed by atoms with E-state index in [1.165, 1.54) is 12.8 Å². The number of anilines is 1. The molecule has 2 aliphatic heterocycles. The fraction of sp³-hybridized carbons (Fsp3) is 0.591. The minimum absolute atomic E-state index is 0.196. The molecule has 6 nitrogen and oxygen atoms in total. The van der Waals surface area contributed by atoms with Gasteiger partial charge in [-0.2, -0.15) is 0 Å². The van der Waals surface area contributed by atoms with E-state index in [0.717, 1.165) is 56.1 Å². The third-order valence-corrected chi connectivity index (χ3v) is 5.77. The highest BCUT2D eigenvalue weighted by molar-refractivity contribution is 5.61. The van der Waals surface area contributed by atoms with Crippen molar-refractivity contribution < 1.29 is 4.74 Å². The second-order valence-electron chi connectivity index (χ2n) is 8.79. The fourth-order valence-electron chi connectivity index (χ4n) is 4.05. The minimum atomic E-state index is 0.196. The van der Waals surface area contributed by atoms with Crippen LogP contribution in [0.5, 0.6) is 5.88 Å². The average molecular weight is 382 g/mol. The summed E-state index contributed by atoms with van der Waals surface area (Å²) < 4.78 is 6.46. The summed E-state index contributed by atoms with van der Waals surface area (Å²) in [5, 5.41) is 0. The molecule has 0 saturated carbocycles. The number of rotatable bonds is 4. The summed E-state index contributed by atoms with van der Waals surface area (Å²) in [6, 6.07) is 3.93. The van der Waals surface area contributed by atoms with Gasteiger partial charge in [0.25, 0.3) is 5.88 Å².